The first-order valence-corrected chi connectivity index (χ1v) is 7.61. The third kappa shape index (κ3) is 4.21. The van der Waals surface area contributed by atoms with Gasteiger partial charge in [0.1, 0.15) is 0 Å². The minimum atomic E-state index is -4.32. The molecule has 1 aromatic heterocycles. The number of tetrazole rings is 1. The molecule has 130 valence electrons. The van der Waals surface area contributed by atoms with Crippen LogP contribution in [0.25, 0.3) is 5.69 Å². The van der Waals surface area contributed by atoms with Crippen molar-refractivity contribution < 1.29 is 13.2 Å². The second kappa shape index (κ2) is 7.02. The molecule has 0 amide bonds. The van der Waals surface area contributed by atoms with Crippen molar-refractivity contribution in [1.29, 1.82) is 0 Å². The van der Waals surface area contributed by atoms with E-state index in [0.717, 1.165) is 23.4 Å². The van der Waals surface area contributed by atoms with E-state index in [1.807, 2.05) is 42.3 Å². The molecule has 0 spiro atoms. The summed E-state index contributed by atoms with van der Waals surface area (Å²) >= 11 is 0. The number of aromatic nitrogens is 4. The van der Waals surface area contributed by atoms with Crippen molar-refractivity contribution in [1.82, 2.24) is 25.1 Å². The maximum Gasteiger partial charge on any atom is 0.416 e. The fourth-order valence-corrected chi connectivity index (χ4v) is 2.48. The molecule has 0 fully saturated rings. The van der Waals surface area contributed by atoms with E-state index >= 15 is 0 Å². The molecule has 0 aliphatic rings. The lowest BCUT2D eigenvalue weighted by Crippen LogP contribution is -2.20. The Kier molecular flexibility index (Phi) is 4.80. The highest BCUT2D eigenvalue weighted by Crippen LogP contribution is 2.29. The summed E-state index contributed by atoms with van der Waals surface area (Å²) in [6, 6.07) is 14.7. The van der Waals surface area contributed by atoms with Crippen molar-refractivity contribution in [3.05, 3.63) is 71.5 Å². The van der Waals surface area contributed by atoms with Crippen molar-refractivity contribution in [2.24, 2.45) is 0 Å². The second-order valence-electron chi connectivity index (χ2n) is 5.71. The van der Waals surface area contributed by atoms with Crippen LogP contribution in [0.5, 0.6) is 0 Å². The first kappa shape index (κ1) is 17.1. The van der Waals surface area contributed by atoms with Gasteiger partial charge in [-0.15, -0.1) is 5.10 Å². The average Bonchev–Trinajstić information content (AvgIpc) is 3.03. The zero-order valence-corrected chi connectivity index (χ0v) is 13.5. The Morgan fingerprint density at radius 1 is 0.960 bits per heavy atom. The molecule has 5 nitrogen and oxygen atoms in total. The maximum atomic E-state index is 12.6. The summed E-state index contributed by atoms with van der Waals surface area (Å²) < 4.78 is 39.5. The number of alkyl halides is 3. The maximum absolute atomic E-state index is 12.6. The quantitative estimate of drug-likeness (QED) is 0.710. The highest BCUT2D eigenvalue weighted by atomic mass is 19.4. The predicted molar refractivity (Wildman–Crippen MR) is 85.8 cm³/mol. The van der Waals surface area contributed by atoms with Gasteiger partial charge in [0, 0.05) is 6.54 Å². The van der Waals surface area contributed by atoms with E-state index in [4.69, 9.17) is 0 Å². The molecule has 25 heavy (non-hydrogen) atoms. The summed E-state index contributed by atoms with van der Waals surface area (Å²) in [4.78, 5) is 1.94. The van der Waals surface area contributed by atoms with Crippen molar-refractivity contribution in [2.75, 3.05) is 7.05 Å². The van der Waals surface area contributed by atoms with Crippen LogP contribution in [-0.2, 0) is 19.3 Å². The van der Waals surface area contributed by atoms with Gasteiger partial charge in [-0.3, -0.25) is 4.90 Å². The van der Waals surface area contributed by atoms with Gasteiger partial charge in [-0.05, 0) is 47.3 Å². The van der Waals surface area contributed by atoms with Crippen LogP contribution in [-0.4, -0.2) is 32.2 Å². The summed E-state index contributed by atoms with van der Waals surface area (Å²) in [5.41, 5.74) is 0.992. The van der Waals surface area contributed by atoms with E-state index in [1.165, 1.54) is 12.1 Å². The Labute approximate surface area is 142 Å². The lowest BCUT2D eigenvalue weighted by molar-refractivity contribution is -0.137. The van der Waals surface area contributed by atoms with Crippen LogP contribution in [0, 0.1) is 0 Å². The molecule has 8 heteroatoms. The molecule has 0 atom stereocenters. The van der Waals surface area contributed by atoms with Crippen LogP contribution < -0.4 is 0 Å². The van der Waals surface area contributed by atoms with Crippen LogP contribution in [0.15, 0.2) is 54.6 Å². The number of benzene rings is 2. The van der Waals surface area contributed by atoms with Crippen LogP contribution in [0.1, 0.15) is 17.0 Å². The zero-order valence-electron chi connectivity index (χ0n) is 13.5. The fraction of sp³-hybridized carbons (Fsp3) is 0.235. The predicted octanol–water partition coefficient (Wildman–Crippen LogP) is 3.31. The summed E-state index contributed by atoms with van der Waals surface area (Å²) in [6.07, 6.45) is -4.32. The SMILES string of the molecule is CN(Cc1ccc(C(F)(F)F)cc1)Cc1nnnn1-c1ccccc1. The van der Waals surface area contributed by atoms with E-state index in [2.05, 4.69) is 15.5 Å². The lowest BCUT2D eigenvalue weighted by Gasteiger charge is -2.16. The largest absolute Gasteiger partial charge is 0.416 e. The monoisotopic (exact) mass is 347 g/mol. The van der Waals surface area contributed by atoms with Gasteiger partial charge in [-0.25, -0.2) is 0 Å². The van der Waals surface area contributed by atoms with Crippen LogP contribution in [0.2, 0.25) is 0 Å². The molecule has 0 N–H and O–H groups in total. The topological polar surface area (TPSA) is 46.8 Å². The minimum Gasteiger partial charge on any atom is -0.295 e. The Morgan fingerprint density at radius 2 is 1.64 bits per heavy atom. The average molecular weight is 347 g/mol. The van der Waals surface area contributed by atoms with Crippen molar-refractivity contribution >= 4 is 0 Å². The van der Waals surface area contributed by atoms with Crippen LogP contribution in [0.4, 0.5) is 13.2 Å². The molecule has 0 saturated carbocycles. The Hall–Kier alpha value is -2.74. The fourth-order valence-electron chi connectivity index (χ4n) is 2.48. The third-order valence-corrected chi connectivity index (χ3v) is 3.68. The molecule has 1 heterocycles. The number of hydrogen-bond acceptors (Lipinski definition) is 4. The number of nitrogens with zero attached hydrogens (tertiary/aromatic N) is 5. The van der Waals surface area contributed by atoms with Crippen LogP contribution in [0.3, 0.4) is 0 Å². The van der Waals surface area contributed by atoms with E-state index in [1.54, 1.807) is 4.68 Å². The van der Waals surface area contributed by atoms with E-state index in [9.17, 15) is 13.2 Å². The van der Waals surface area contributed by atoms with Gasteiger partial charge in [-0.1, -0.05) is 30.3 Å². The van der Waals surface area contributed by atoms with Crippen molar-refractivity contribution in [3.63, 3.8) is 0 Å². The molecule has 0 aliphatic carbocycles. The van der Waals surface area contributed by atoms with Gasteiger partial charge in [0.15, 0.2) is 5.82 Å². The summed E-state index contributed by atoms with van der Waals surface area (Å²) in [5, 5.41) is 11.7. The molecular formula is C17H16F3N5. The first-order valence-electron chi connectivity index (χ1n) is 7.61. The molecular weight excluding hydrogens is 331 g/mol. The van der Waals surface area contributed by atoms with Gasteiger partial charge in [0.05, 0.1) is 17.8 Å². The normalized spacial score (nSPS) is 11.9. The van der Waals surface area contributed by atoms with Crippen LogP contribution >= 0.6 is 0 Å². The van der Waals surface area contributed by atoms with E-state index in [0.29, 0.717) is 18.9 Å². The first-order chi connectivity index (χ1) is 11.9. The number of hydrogen-bond donors (Lipinski definition) is 0. The summed E-state index contributed by atoms with van der Waals surface area (Å²) in [6.45, 7) is 0.947. The highest BCUT2D eigenvalue weighted by molar-refractivity contribution is 5.30. The smallest absolute Gasteiger partial charge is 0.295 e. The second-order valence-corrected chi connectivity index (χ2v) is 5.71. The molecule has 0 aliphatic heterocycles. The van der Waals surface area contributed by atoms with Crippen molar-refractivity contribution in [3.8, 4) is 5.69 Å². The van der Waals surface area contributed by atoms with E-state index < -0.39 is 11.7 Å². The number of para-hydroxylation sites is 1. The van der Waals surface area contributed by atoms with Crippen molar-refractivity contribution in [2.45, 2.75) is 19.3 Å². The van der Waals surface area contributed by atoms with Gasteiger partial charge in [-0.2, -0.15) is 17.9 Å². The Morgan fingerprint density at radius 3 is 2.28 bits per heavy atom. The molecule has 0 bridgehead atoms. The third-order valence-electron chi connectivity index (χ3n) is 3.68. The lowest BCUT2D eigenvalue weighted by atomic mass is 10.1. The molecule has 0 saturated heterocycles. The molecule has 2 aromatic carbocycles. The summed E-state index contributed by atoms with van der Waals surface area (Å²) in [7, 11) is 1.86. The van der Waals surface area contributed by atoms with E-state index in [-0.39, 0.29) is 0 Å². The van der Waals surface area contributed by atoms with Gasteiger partial charge in [0.25, 0.3) is 0 Å². The van der Waals surface area contributed by atoms with Gasteiger partial charge < -0.3 is 0 Å². The molecule has 3 rings (SSSR count). The number of halogens is 3. The minimum absolute atomic E-state index is 0.461. The molecule has 0 radical (unpaired) electrons. The van der Waals surface area contributed by atoms with Gasteiger partial charge >= 0.3 is 6.18 Å². The molecule has 3 aromatic rings. The molecule has 0 unspecified atom stereocenters. The Balaban J connectivity index is 1.68. The Bertz CT molecular complexity index is 812. The highest BCUT2D eigenvalue weighted by Gasteiger charge is 2.29. The number of rotatable bonds is 5. The summed E-state index contributed by atoms with van der Waals surface area (Å²) in [5.74, 6) is 0.653. The standard InChI is InChI=1S/C17H16F3N5/c1-24(11-13-7-9-14(10-8-13)17(18,19)20)12-16-21-22-23-25(16)15-5-3-2-4-6-15/h2-10H,11-12H2,1H3. The van der Waals surface area contributed by atoms with Gasteiger partial charge in [0.2, 0.25) is 0 Å². The zero-order chi connectivity index (χ0) is 17.9.